The molecule has 1 amide bonds. The van der Waals surface area contributed by atoms with Gasteiger partial charge in [0.25, 0.3) is 0 Å². The summed E-state index contributed by atoms with van der Waals surface area (Å²) in [5, 5.41) is 7.09. The van der Waals surface area contributed by atoms with Crippen molar-refractivity contribution in [3.8, 4) is 0 Å². The smallest absolute Gasteiger partial charge is 0.407 e. The van der Waals surface area contributed by atoms with Gasteiger partial charge < -0.3 is 15.4 Å². The number of amides is 1. The van der Waals surface area contributed by atoms with Crippen LogP contribution < -0.4 is 10.6 Å². The number of carbonyl (C=O) groups excluding carboxylic acids is 1. The quantitative estimate of drug-likeness (QED) is 0.776. The minimum atomic E-state index is -0.486. The Hall–Kier alpha value is -1.20. The highest BCUT2D eigenvalue weighted by molar-refractivity contribution is 6.34. The van der Waals surface area contributed by atoms with Gasteiger partial charge in [0, 0.05) is 12.1 Å². The molecule has 2 unspecified atom stereocenters. The van der Waals surface area contributed by atoms with Crippen LogP contribution in [0.15, 0.2) is 6.07 Å². The van der Waals surface area contributed by atoms with Crippen LogP contribution in [0, 0.1) is 6.92 Å². The number of aromatic nitrogens is 1. The summed E-state index contributed by atoms with van der Waals surface area (Å²) in [5.41, 5.74) is 1.28. The van der Waals surface area contributed by atoms with Gasteiger partial charge in [-0.1, -0.05) is 23.2 Å². The summed E-state index contributed by atoms with van der Waals surface area (Å²) in [6, 6.07) is 2.11. The van der Waals surface area contributed by atoms with Crippen LogP contribution in [0.1, 0.15) is 45.6 Å². The van der Waals surface area contributed by atoms with E-state index >= 15 is 0 Å². The molecule has 1 fully saturated rings. The van der Waals surface area contributed by atoms with Gasteiger partial charge in [-0.05, 0) is 58.6 Å². The Kier molecular flexibility index (Phi) is 5.63. The van der Waals surface area contributed by atoms with E-state index in [0.29, 0.717) is 10.3 Å². The molecule has 0 bridgehead atoms. The molecule has 2 atom stereocenters. The van der Waals surface area contributed by atoms with Gasteiger partial charge in [-0.2, -0.15) is 0 Å². The van der Waals surface area contributed by atoms with Gasteiger partial charge in [0.1, 0.15) is 10.8 Å². The monoisotopic (exact) mass is 359 g/mol. The van der Waals surface area contributed by atoms with Gasteiger partial charge in [0.15, 0.2) is 5.15 Å². The Bertz CT molecular complexity index is 564. The van der Waals surface area contributed by atoms with E-state index in [9.17, 15) is 4.79 Å². The van der Waals surface area contributed by atoms with Crippen molar-refractivity contribution in [3.63, 3.8) is 0 Å². The van der Waals surface area contributed by atoms with Gasteiger partial charge in [-0.25, -0.2) is 9.78 Å². The minimum absolute atomic E-state index is 0.0988. The third-order valence-corrected chi connectivity index (χ3v) is 4.11. The number of alkyl carbamates (subject to hydrolysis) is 1. The zero-order chi connectivity index (χ0) is 17.2. The number of anilines is 1. The van der Waals surface area contributed by atoms with E-state index < -0.39 is 5.60 Å². The Morgan fingerprint density at radius 2 is 1.96 bits per heavy atom. The molecule has 7 heteroatoms. The molecule has 1 aliphatic rings. The third kappa shape index (κ3) is 5.43. The summed E-state index contributed by atoms with van der Waals surface area (Å²) < 4.78 is 5.29. The second kappa shape index (κ2) is 7.14. The number of pyridine rings is 1. The number of aryl methyl sites for hydroxylation is 1. The molecule has 128 valence electrons. The number of ether oxygens (including phenoxy) is 1. The SMILES string of the molecule is Cc1cc(Cl)nc(Cl)c1NC1CCC(NC(=O)OC(C)(C)C)C1. The van der Waals surface area contributed by atoms with E-state index in [2.05, 4.69) is 15.6 Å². The van der Waals surface area contributed by atoms with Crippen molar-refractivity contribution >= 4 is 35.0 Å². The fourth-order valence-electron chi connectivity index (χ4n) is 2.69. The lowest BCUT2D eigenvalue weighted by atomic mass is 10.2. The van der Waals surface area contributed by atoms with E-state index in [4.69, 9.17) is 27.9 Å². The number of nitrogens with zero attached hydrogens (tertiary/aromatic N) is 1. The molecule has 0 radical (unpaired) electrons. The Labute approximate surface area is 147 Å². The Balaban J connectivity index is 1.90. The van der Waals surface area contributed by atoms with Crippen LogP contribution in [-0.4, -0.2) is 28.8 Å². The van der Waals surface area contributed by atoms with E-state index in [0.717, 1.165) is 30.5 Å². The van der Waals surface area contributed by atoms with Crippen LogP contribution >= 0.6 is 23.2 Å². The van der Waals surface area contributed by atoms with Gasteiger partial charge in [0.2, 0.25) is 0 Å². The van der Waals surface area contributed by atoms with E-state index in [-0.39, 0.29) is 18.2 Å². The highest BCUT2D eigenvalue weighted by Gasteiger charge is 2.28. The molecule has 1 aliphatic carbocycles. The molecule has 0 spiro atoms. The molecule has 5 nitrogen and oxygen atoms in total. The predicted octanol–water partition coefficient (Wildman–Crippen LogP) is 4.55. The molecule has 0 saturated heterocycles. The Morgan fingerprint density at radius 1 is 1.30 bits per heavy atom. The lowest BCUT2D eigenvalue weighted by molar-refractivity contribution is 0.0505. The molecule has 0 aliphatic heterocycles. The highest BCUT2D eigenvalue weighted by Crippen LogP contribution is 2.30. The lowest BCUT2D eigenvalue weighted by Crippen LogP contribution is -2.38. The number of carbonyl (C=O) groups is 1. The second-order valence-electron chi connectivity index (χ2n) is 6.93. The maximum atomic E-state index is 11.8. The number of nitrogens with one attached hydrogen (secondary N) is 2. The molecule has 1 saturated carbocycles. The molecule has 0 aromatic carbocycles. The largest absolute Gasteiger partial charge is 0.444 e. The van der Waals surface area contributed by atoms with Crippen molar-refractivity contribution in [3.05, 3.63) is 21.9 Å². The van der Waals surface area contributed by atoms with Crippen LogP contribution in [0.5, 0.6) is 0 Å². The summed E-state index contributed by atoms with van der Waals surface area (Å²) in [7, 11) is 0. The van der Waals surface area contributed by atoms with Gasteiger partial charge >= 0.3 is 6.09 Å². The van der Waals surface area contributed by atoms with Crippen molar-refractivity contribution < 1.29 is 9.53 Å². The first-order valence-corrected chi connectivity index (χ1v) is 8.48. The maximum absolute atomic E-state index is 11.8. The third-order valence-electron chi connectivity index (χ3n) is 3.64. The normalized spacial score (nSPS) is 21.1. The lowest BCUT2D eigenvalue weighted by Gasteiger charge is -2.22. The topological polar surface area (TPSA) is 63.2 Å². The first kappa shape index (κ1) is 18.1. The fourth-order valence-corrected chi connectivity index (χ4v) is 3.28. The average molecular weight is 360 g/mol. The van der Waals surface area contributed by atoms with Gasteiger partial charge in [-0.3, -0.25) is 0 Å². The molecule has 2 rings (SSSR count). The van der Waals surface area contributed by atoms with E-state index in [1.54, 1.807) is 6.07 Å². The van der Waals surface area contributed by atoms with Gasteiger partial charge in [-0.15, -0.1) is 0 Å². The number of halogens is 2. The summed E-state index contributed by atoms with van der Waals surface area (Å²) in [6.45, 7) is 7.49. The van der Waals surface area contributed by atoms with E-state index in [1.165, 1.54) is 0 Å². The first-order chi connectivity index (χ1) is 10.6. The zero-order valence-electron chi connectivity index (χ0n) is 13.9. The molecule has 1 heterocycles. The Morgan fingerprint density at radius 3 is 2.57 bits per heavy atom. The number of rotatable bonds is 3. The fraction of sp³-hybridized carbons (Fsp3) is 0.625. The molecule has 23 heavy (non-hydrogen) atoms. The van der Waals surface area contributed by atoms with Crippen molar-refractivity contribution in [2.24, 2.45) is 0 Å². The highest BCUT2D eigenvalue weighted by atomic mass is 35.5. The maximum Gasteiger partial charge on any atom is 0.407 e. The number of hydrogen-bond acceptors (Lipinski definition) is 4. The van der Waals surface area contributed by atoms with Crippen molar-refractivity contribution in [2.75, 3.05) is 5.32 Å². The molecule has 1 aromatic rings. The summed E-state index contributed by atoms with van der Waals surface area (Å²) >= 11 is 12.0. The average Bonchev–Trinajstić information content (AvgIpc) is 2.78. The van der Waals surface area contributed by atoms with Crippen LogP contribution in [0.25, 0.3) is 0 Å². The van der Waals surface area contributed by atoms with E-state index in [1.807, 2.05) is 27.7 Å². The zero-order valence-corrected chi connectivity index (χ0v) is 15.4. The van der Waals surface area contributed by atoms with Crippen LogP contribution in [0.4, 0.5) is 10.5 Å². The summed E-state index contributed by atoms with van der Waals surface area (Å²) in [6.07, 6.45) is 2.29. The second-order valence-corrected chi connectivity index (χ2v) is 7.67. The standard InChI is InChI=1S/C16H23Cl2N3O2/c1-9-7-12(17)21-14(18)13(9)19-10-5-6-11(8-10)20-15(22)23-16(2,3)4/h7,10-11,19H,5-6,8H2,1-4H3,(H,20,22). The predicted molar refractivity (Wildman–Crippen MR) is 93.4 cm³/mol. The number of hydrogen-bond donors (Lipinski definition) is 2. The summed E-state index contributed by atoms with van der Waals surface area (Å²) in [4.78, 5) is 15.9. The minimum Gasteiger partial charge on any atom is -0.444 e. The summed E-state index contributed by atoms with van der Waals surface area (Å²) in [5.74, 6) is 0. The van der Waals surface area contributed by atoms with Crippen LogP contribution in [0.2, 0.25) is 10.3 Å². The van der Waals surface area contributed by atoms with Crippen molar-refractivity contribution in [2.45, 2.75) is 64.6 Å². The van der Waals surface area contributed by atoms with Crippen LogP contribution in [0.3, 0.4) is 0 Å². The van der Waals surface area contributed by atoms with Gasteiger partial charge in [0.05, 0.1) is 5.69 Å². The molecular weight excluding hydrogens is 337 g/mol. The van der Waals surface area contributed by atoms with Crippen molar-refractivity contribution in [1.29, 1.82) is 0 Å². The van der Waals surface area contributed by atoms with Crippen LogP contribution in [-0.2, 0) is 4.74 Å². The molecule has 1 aromatic heterocycles. The molecule has 2 N–H and O–H groups in total. The first-order valence-electron chi connectivity index (χ1n) is 7.73. The van der Waals surface area contributed by atoms with Crippen molar-refractivity contribution in [1.82, 2.24) is 10.3 Å². The molecular formula is C16H23Cl2N3O2.